The predicted molar refractivity (Wildman–Crippen MR) is 76.9 cm³/mol. The van der Waals surface area contributed by atoms with Gasteiger partial charge in [-0.1, -0.05) is 13.8 Å². The molecule has 8 heteroatoms. The number of piperazine rings is 1. The Balaban J connectivity index is 2.48. The molecule has 8 nitrogen and oxygen atoms in total. The third-order valence-corrected chi connectivity index (χ3v) is 3.42. The van der Waals surface area contributed by atoms with Crippen molar-refractivity contribution in [2.45, 2.75) is 26.3 Å². The van der Waals surface area contributed by atoms with Gasteiger partial charge < -0.3 is 20.6 Å². The fourth-order valence-corrected chi connectivity index (χ4v) is 2.24. The molecule has 0 aliphatic carbocycles. The molecule has 0 aromatic carbocycles. The number of carbonyl (C=O) groups is 3. The zero-order chi connectivity index (χ0) is 15.8. The van der Waals surface area contributed by atoms with Crippen LogP contribution in [0.5, 0.6) is 0 Å². The van der Waals surface area contributed by atoms with E-state index in [1.807, 2.05) is 6.92 Å². The van der Waals surface area contributed by atoms with E-state index in [0.29, 0.717) is 13.1 Å². The number of nitrogens with zero attached hydrogens (tertiary/aromatic N) is 2. The Morgan fingerprint density at radius 1 is 1.43 bits per heavy atom. The smallest absolute Gasteiger partial charge is 0.328 e. The van der Waals surface area contributed by atoms with Gasteiger partial charge in [-0.05, 0) is 19.5 Å². The highest BCUT2D eigenvalue weighted by molar-refractivity contribution is 5.90. The predicted octanol–water partition coefficient (Wildman–Crippen LogP) is -0.687. The summed E-state index contributed by atoms with van der Waals surface area (Å²) in [6.45, 7) is 6.83. The van der Waals surface area contributed by atoms with Gasteiger partial charge in [0, 0.05) is 19.6 Å². The summed E-state index contributed by atoms with van der Waals surface area (Å²) in [4.78, 5) is 37.7. The lowest BCUT2D eigenvalue weighted by molar-refractivity contribution is -0.144. The molecule has 0 saturated carbocycles. The Morgan fingerprint density at radius 3 is 2.71 bits per heavy atom. The highest BCUT2D eigenvalue weighted by atomic mass is 16.4. The molecule has 0 bridgehead atoms. The van der Waals surface area contributed by atoms with Crippen molar-refractivity contribution in [3.63, 3.8) is 0 Å². The van der Waals surface area contributed by atoms with Crippen molar-refractivity contribution in [1.29, 1.82) is 0 Å². The molecule has 21 heavy (non-hydrogen) atoms. The summed E-state index contributed by atoms with van der Waals surface area (Å²) < 4.78 is 0. The zero-order valence-electron chi connectivity index (χ0n) is 12.6. The van der Waals surface area contributed by atoms with Crippen LogP contribution in [0.3, 0.4) is 0 Å². The van der Waals surface area contributed by atoms with Crippen LogP contribution in [0.2, 0.25) is 0 Å². The molecule has 1 saturated heterocycles. The first-order valence-corrected chi connectivity index (χ1v) is 7.25. The first kappa shape index (κ1) is 17.2. The van der Waals surface area contributed by atoms with E-state index in [9.17, 15) is 14.4 Å². The third kappa shape index (κ3) is 5.22. The minimum Gasteiger partial charge on any atom is -0.480 e. The maximum absolute atomic E-state index is 12.0. The quantitative estimate of drug-likeness (QED) is 0.578. The lowest BCUT2D eigenvalue weighted by atomic mass is 10.2. The van der Waals surface area contributed by atoms with E-state index in [-0.39, 0.29) is 19.0 Å². The van der Waals surface area contributed by atoms with Crippen LogP contribution >= 0.6 is 0 Å². The summed E-state index contributed by atoms with van der Waals surface area (Å²) in [5.74, 6) is -1.46. The molecule has 0 radical (unpaired) electrons. The number of carboxylic acid groups (broad SMARTS) is 1. The first-order valence-electron chi connectivity index (χ1n) is 7.25. The second kappa shape index (κ2) is 8.46. The van der Waals surface area contributed by atoms with Crippen LogP contribution in [-0.4, -0.2) is 78.1 Å². The molecule has 1 unspecified atom stereocenters. The molecular weight excluding hydrogens is 276 g/mol. The number of hydrogen-bond donors (Lipinski definition) is 3. The number of hydrogen-bond acceptors (Lipinski definition) is 4. The summed E-state index contributed by atoms with van der Waals surface area (Å²) >= 11 is 0. The number of carbonyl (C=O) groups excluding carboxylic acids is 2. The van der Waals surface area contributed by atoms with E-state index < -0.39 is 18.0 Å². The van der Waals surface area contributed by atoms with Crippen LogP contribution in [0.1, 0.15) is 20.3 Å². The number of likely N-dealkylation sites (N-methyl/N-ethyl adjacent to an activating group) is 1. The average molecular weight is 300 g/mol. The van der Waals surface area contributed by atoms with Gasteiger partial charge in [-0.25, -0.2) is 9.59 Å². The standard InChI is InChI=1S/C13H24N4O4/c1-3-6-16(4-2)7-5-14-13(21)17-9-11(18)15-8-10(17)12(19)20/h10H,3-9H2,1-2H3,(H,14,21)(H,15,18)(H,19,20). The van der Waals surface area contributed by atoms with Crippen LogP contribution in [0.15, 0.2) is 0 Å². The van der Waals surface area contributed by atoms with Crippen molar-refractivity contribution in [2.75, 3.05) is 39.3 Å². The molecule has 1 aliphatic rings. The van der Waals surface area contributed by atoms with Crippen molar-refractivity contribution in [3.05, 3.63) is 0 Å². The first-order chi connectivity index (χ1) is 9.99. The molecule has 120 valence electrons. The summed E-state index contributed by atoms with van der Waals surface area (Å²) in [5, 5.41) is 14.2. The molecule has 3 amide bonds. The molecule has 1 rings (SSSR count). The SMILES string of the molecule is CCCN(CC)CCNC(=O)N1CC(=O)NCC1C(=O)O. The van der Waals surface area contributed by atoms with Gasteiger partial charge in [0.05, 0.1) is 0 Å². The van der Waals surface area contributed by atoms with Gasteiger partial charge in [0.1, 0.15) is 12.6 Å². The van der Waals surface area contributed by atoms with Crippen LogP contribution in [0.25, 0.3) is 0 Å². The summed E-state index contributed by atoms with van der Waals surface area (Å²) in [5.41, 5.74) is 0. The Kier molecular flexibility index (Phi) is 6.93. The third-order valence-electron chi connectivity index (χ3n) is 3.42. The van der Waals surface area contributed by atoms with Crippen LogP contribution in [-0.2, 0) is 9.59 Å². The molecule has 1 atom stereocenters. The number of urea groups is 1. The van der Waals surface area contributed by atoms with Crippen LogP contribution in [0.4, 0.5) is 4.79 Å². The highest BCUT2D eigenvalue weighted by Gasteiger charge is 2.35. The van der Waals surface area contributed by atoms with Crippen molar-refractivity contribution < 1.29 is 19.5 Å². The number of nitrogens with one attached hydrogen (secondary N) is 2. The van der Waals surface area contributed by atoms with Crippen molar-refractivity contribution in [1.82, 2.24) is 20.4 Å². The lowest BCUT2D eigenvalue weighted by Crippen LogP contribution is -2.61. The van der Waals surface area contributed by atoms with E-state index in [1.165, 1.54) is 0 Å². The van der Waals surface area contributed by atoms with Gasteiger partial charge in [-0.2, -0.15) is 0 Å². The average Bonchev–Trinajstić information content (AvgIpc) is 2.45. The minimum atomic E-state index is -1.12. The van der Waals surface area contributed by atoms with E-state index in [1.54, 1.807) is 0 Å². The second-order valence-electron chi connectivity index (χ2n) is 4.95. The normalized spacial score (nSPS) is 18.5. The van der Waals surface area contributed by atoms with Gasteiger partial charge in [-0.3, -0.25) is 9.69 Å². The molecule has 0 aromatic heterocycles. The Hall–Kier alpha value is -1.83. The molecule has 1 fully saturated rings. The van der Waals surface area contributed by atoms with Crippen molar-refractivity contribution in [2.24, 2.45) is 0 Å². The number of rotatable bonds is 7. The summed E-state index contributed by atoms with van der Waals surface area (Å²) in [7, 11) is 0. The van der Waals surface area contributed by atoms with Crippen molar-refractivity contribution in [3.8, 4) is 0 Å². The zero-order valence-corrected chi connectivity index (χ0v) is 12.6. The lowest BCUT2D eigenvalue weighted by Gasteiger charge is -2.32. The minimum absolute atomic E-state index is 0.0570. The molecule has 1 heterocycles. The second-order valence-corrected chi connectivity index (χ2v) is 4.95. The Morgan fingerprint density at radius 2 is 2.14 bits per heavy atom. The van der Waals surface area contributed by atoms with E-state index in [0.717, 1.165) is 24.4 Å². The van der Waals surface area contributed by atoms with E-state index in [4.69, 9.17) is 5.11 Å². The summed E-state index contributed by atoms with van der Waals surface area (Å²) in [6.07, 6.45) is 1.04. The Labute approximate surface area is 124 Å². The van der Waals surface area contributed by atoms with Gasteiger partial charge in [0.2, 0.25) is 5.91 Å². The Bertz CT molecular complexity index is 388. The molecule has 3 N–H and O–H groups in total. The molecule has 0 aromatic rings. The monoisotopic (exact) mass is 300 g/mol. The maximum atomic E-state index is 12.0. The maximum Gasteiger partial charge on any atom is 0.328 e. The summed E-state index contributed by atoms with van der Waals surface area (Å²) in [6, 6.07) is -1.52. The van der Waals surface area contributed by atoms with Gasteiger partial charge in [0.15, 0.2) is 0 Å². The van der Waals surface area contributed by atoms with E-state index in [2.05, 4.69) is 22.5 Å². The topological polar surface area (TPSA) is 102 Å². The van der Waals surface area contributed by atoms with Crippen molar-refractivity contribution >= 4 is 17.9 Å². The van der Waals surface area contributed by atoms with Crippen LogP contribution in [0, 0.1) is 0 Å². The van der Waals surface area contributed by atoms with Gasteiger partial charge in [-0.15, -0.1) is 0 Å². The molecule has 1 aliphatic heterocycles. The fourth-order valence-electron chi connectivity index (χ4n) is 2.24. The van der Waals surface area contributed by atoms with Gasteiger partial charge >= 0.3 is 12.0 Å². The number of amides is 3. The largest absolute Gasteiger partial charge is 0.480 e. The number of carboxylic acids is 1. The van der Waals surface area contributed by atoms with Gasteiger partial charge in [0.25, 0.3) is 0 Å². The van der Waals surface area contributed by atoms with Crippen LogP contribution < -0.4 is 10.6 Å². The highest BCUT2D eigenvalue weighted by Crippen LogP contribution is 2.04. The molecule has 0 spiro atoms. The fraction of sp³-hybridized carbons (Fsp3) is 0.769. The molecular formula is C13H24N4O4. The number of aliphatic carboxylic acids is 1. The van der Waals surface area contributed by atoms with E-state index >= 15 is 0 Å².